The minimum absolute atomic E-state index is 0.261. The van der Waals surface area contributed by atoms with Gasteiger partial charge in [0.25, 0.3) is 0 Å². The van der Waals surface area contributed by atoms with Crippen molar-refractivity contribution in [1.29, 1.82) is 5.26 Å². The molecule has 0 aromatic carbocycles. The molecule has 1 aliphatic carbocycles. The molecule has 2 aliphatic rings. The number of nitriles is 1. The van der Waals surface area contributed by atoms with Crippen molar-refractivity contribution in [3.8, 4) is 17.3 Å². The average molecular weight is 561 g/mol. The van der Waals surface area contributed by atoms with Crippen molar-refractivity contribution in [3.05, 3.63) is 35.5 Å². The maximum Gasteiger partial charge on any atom is 0.213 e. The Balaban J connectivity index is 1.36. The SMILES string of the molecule is CC(C)S(=O)(=O)NCC1CCC(Nc2cc(-c3cccc(NCC4(C#N)CCOCC4)n3)c(Cl)cn2)CC1. The third-order valence-corrected chi connectivity index (χ3v) is 9.68. The third kappa shape index (κ3) is 7.35. The van der Waals surface area contributed by atoms with Crippen molar-refractivity contribution in [1.82, 2.24) is 14.7 Å². The second kappa shape index (κ2) is 12.6. The highest BCUT2D eigenvalue weighted by molar-refractivity contribution is 7.90. The second-order valence-electron chi connectivity index (χ2n) is 10.6. The molecule has 11 heteroatoms. The molecule has 0 atom stereocenters. The van der Waals surface area contributed by atoms with Gasteiger partial charge in [-0.05, 0) is 76.5 Å². The molecule has 0 radical (unpaired) electrons. The van der Waals surface area contributed by atoms with E-state index in [0.717, 1.165) is 42.8 Å². The van der Waals surface area contributed by atoms with E-state index in [0.29, 0.717) is 55.9 Å². The van der Waals surface area contributed by atoms with Crippen LogP contribution >= 0.6 is 11.6 Å². The van der Waals surface area contributed by atoms with Crippen molar-refractivity contribution in [2.24, 2.45) is 11.3 Å². The van der Waals surface area contributed by atoms with E-state index in [1.165, 1.54) is 0 Å². The van der Waals surface area contributed by atoms with E-state index in [1.54, 1.807) is 20.0 Å². The minimum atomic E-state index is -3.23. The number of sulfonamides is 1. The standard InChI is InChI=1S/C27H37ClN6O3S/c1-19(2)38(35,36)32-15-20-6-8-21(9-7-20)33-26-14-22(23(28)16-30-26)24-4-3-5-25(34-24)31-18-27(17-29)10-12-37-13-11-27/h3-5,14,16,19-21,32H,6-13,15,18H2,1-2H3,(H,30,33)(H,31,34). The van der Waals surface area contributed by atoms with Gasteiger partial charge in [0.1, 0.15) is 11.6 Å². The lowest BCUT2D eigenvalue weighted by atomic mass is 9.82. The molecule has 3 N–H and O–H groups in total. The number of hydrogen-bond acceptors (Lipinski definition) is 8. The van der Waals surface area contributed by atoms with Crippen LogP contribution in [0, 0.1) is 22.7 Å². The number of rotatable bonds is 10. The number of pyridine rings is 2. The van der Waals surface area contributed by atoms with Gasteiger partial charge < -0.3 is 15.4 Å². The number of hydrogen-bond donors (Lipinski definition) is 3. The van der Waals surface area contributed by atoms with Crippen LogP contribution in [-0.4, -0.2) is 56.0 Å². The Labute approximate surface area is 230 Å². The van der Waals surface area contributed by atoms with Gasteiger partial charge >= 0.3 is 0 Å². The third-order valence-electron chi connectivity index (χ3n) is 7.57. The van der Waals surface area contributed by atoms with Crippen LogP contribution < -0.4 is 15.4 Å². The summed E-state index contributed by atoms with van der Waals surface area (Å²) in [5.74, 6) is 1.77. The molecule has 1 aliphatic heterocycles. The van der Waals surface area contributed by atoms with Crippen LogP contribution in [-0.2, 0) is 14.8 Å². The van der Waals surface area contributed by atoms with Gasteiger partial charge in [-0.25, -0.2) is 23.1 Å². The molecule has 2 aromatic rings. The Morgan fingerprint density at radius 1 is 1.18 bits per heavy atom. The van der Waals surface area contributed by atoms with Crippen LogP contribution in [0.2, 0.25) is 5.02 Å². The molecule has 2 fully saturated rings. The summed E-state index contributed by atoms with van der Waals surface area (Å²) in [6.45, 7) is 5.59. The Morgan fingerprint density at radius 3 is 2.61 bits per heavy atom. The largest absolute Gasteiger partial charge is 0.381 e. The highest BCUT2D eigenvalue weighted by Crippen LogP contribution is 2.32. The molecule has 1 saturated heterocycles. The highest BCUT2D eigenvalue weighted by Gasteiger charge is 2.32. The molecule has 3 heterocycles. The Morgan fingerprint density at radius 2 is 1.92 bits per heavy atom. The first-order valence-corrected chi connectivity index (χ1v) is 15.2. The van der Waals surface area contributed by atoms with Gasteiger partial charge in [-0.2, -0.15) is 5.26 Å². The van der Waals surface area contributed by atoms with Crippen LogP contribution in [0.15, 0.2) is 30.5 Å². The molecule has 2 aromatic heterocycles. The van der Waals surface area contributed by atoms with E-state index >= 15 is 0 Å². The monoisotopic (exact) mass is 560 g/mol. The maximum absolute atomic E-state index is 12.0. The van der Waals surface area contributed by atoms with Gasteiger partial charge in [0.05, 0.1) is 27.5 Å². The minimum Gasteiger partial charge on any atom is -0.381 e. The number of aromatic nitrogens is 2. The van der Waals surface area contributed by atoms with Gasteiger partial charge in [-0.15, -0.1) is 0 Å². The molecular formula is C27H37ClN6O3S. The first-order valence-electron chi connectivity index (χ1n) is 13.3. The maximum atomic E-state index is 12.0. The van der Waals surface area contributed by atoms with Crippen LogP contribution in [0.1, 0.15) is 52.4 Å². The van der Waals surface area contributed by atoms with Crippen LogP contribution in [0.3, 0.4) is 0 Å². The molecule has 0 unspecified atom stereocenters. The lowest BCUT2D eigenvalue weighted by Crippen LogP contribution is -2.37. The van der Waals surface area contributed by atoms with Crippen molar-refractivity contribution in [2.45, 2.75) is 63.7 Å². The van der Waals surface area contributed by atoms with Crippen LogP contribution in [0.4, 0.5) is 11.6 Å². The van der Waals surface area contributed by atoms with E-state index < -0.39 is 20.7 Å². The zero-order chi connectivity index (χ0) is 27.2. The Kier molecular flexibility index (Phi) is 9.47. The van der Waals surface area contributed by atoms with Gasteiger partial charge in [0, 0.05) is 44.1 Å². The van der Waals surface area contributed by atoms with Crippen molar-refractivity contribution < 1.29 is 13.2 Å². The number of anilines is 2. The predicted octanol–water partition coefficient (Wildman–Crippen LogP) is 4.83. The van der Waals surface area contributed by atoms with Gasteiger partial charge in [0.2, 0.25) is 10.0 Å². The fourth-order valence-corrected chi connectivity index (χ4v) is 5.87. The summed E-state index contributed by atoms with van der Waals surface area (Å²) in [5, 5.41) is 16.7. The number of halogens is 1. The summed E-state index contributed by atoms with van der Waals surface area (Å²) >= 11 is 6.52. The van der Waals surface area contributed by atoms with E-state index in [1.807, 2.05) is 24.3 Å². The lowest BCUT2D eigenvalue weighted by Gasteiger charge is -2.30. The van der Waals surface area contributed by atoms with Gasteiger partial charge in [-0.1, -0.05) is 17.7 Å². The van der Waals surface area contributed by atoms with Crippen LogP contribution in [0.5, 0.6) is 0 Å². The Bertz CT molecular complexity index is 1240. The molecule has 38 heavy (non-hydrogen) atoms. The second-order valence-corrected chi connectivity index (χ2v) is 13.3. The first-order chi connectivity index (χ1) is 18.2. The molecule has 9 nitrogen and oxygen atoms in total. The average Bonchev–Trinajstić information content (AvgIpc) is 2.93. The van der Waals surface area contributed by atoms with E-state index in [2.05, 4.69) is 26.4 Å². The van der Waals surface area contributed by atoms with Gasteiger partial charge in [-0.3, -0.25) is 0 Å². The number of nitrogens with one attached hydrogen (secondary N) is 3. The number of ether oxygens (including phenoxy) is 1. The fourth-order valence-electron chi connectivity index (χ4n) is 4.87. The number of nitrogens with zero attached hydrogens (tertiary/aromatic N) is 3. The summed E-state index contributed by atoms with van der Waals surface area (Å²) in [6.07, 6.45) is 6.83. The highest BCUT2D eigenvalue weighted by atomic mass is 35.5. The zero-order valence-electron chi connectivity index (χ0n) is 22.0. The summed E-state index contributed by atoms with van der Waals surface area (Å²) in [5.41, 5.74) is 1.06. The van der Waals surface area contributed by atoms with E-state index in [4.69, 9.17) is 21.3 Å². The smallest absolute Gasteiger partial charge is 0.213 e. The van der Waals surface area contributed by atoms with E-state index in [9.17, 15) is 13.7 Å². The van der Waals surface area contributed by atoms with Crippen molar-refractivity contribution in [3.63, 3.8) is 0 Å². The molecule has 0 bridgehead atoms. The summed E-state index contributed by atoms with van der Waals surface area (Å²) < 4.78 is 32.3. The summed E-state index contributed by atoms with van der Waals surface area (Å²) in [7, 11) is -3.23. The summed E-state index contributed by atoms with van der Waals surface area (Å²) in [4.78, 5) is 9.24. The quantitative estimate of drug-likeness (QED) is 0.377. The first kappa shape index (κ1) is 28.6. The predicted molar refractivity (Wildman–Crippen MR) is 150 cm³/mol. The van der Waals surface area contributed by atoms with E-state index in [-0.39, 0.29) is 6.04 Å². The molecule has 4 rings (SSSR count). The molecule has 206 valence electrons. The Hall–Kier alpha value is -2.45. The van der Waals surface area contributed by atoms with Gasteiger partial charge in [0.15, 0.2) is 0 Å². The normalized spacial score (nSPS) is 21.6. The molecule has 1 saturated carbocycles. The zero-order valence-corrected chi connectivity index (χ0v) is 23.6. The molecular weight excluding hydrogens is 524 g/mol. The molecule has 0 spiro atoms. The van der Waals surface area contributed by atoms with Crippen molar-refractivity contribution in [2.75, 3.05) is 36.9 Å². The fraction of sp³-hybridized carbons (Fsp3) is 0.593. The van der Waals surface area contributed by atoms with Crippen LogP contribution in [0.25, 0.3) is 11.3 Å². The molecule has 0 amide bonds. The summed E-state index contributed by atoms with van der Waals surface area (Å²) in [6, 6.07) is 10.4. The lowest BCUT2D eigenvalue weighted by molar-refractivity contribution is 0.0455. The topological polar surface area (TPSA) is 129 Å². The van der Waals surface area contributed by atoms with Crippen molar-refractivity contribution >= 4 is 33.3 Å².